The molecule has 46 heavy (non-hydrogen) atoms. The number of hydrogen-bond acceptors (Lipinski definition) is 9. The van der Waals surface area contributed by atoms with Crippen LogP contribution in [0.1, 0.15) is 16.4 Å². The number of nitro groups is 1. The van der Waals surface area contributed by atoms with Gasteiger partial charge in [-0.25, -0.2) is 4.90 Å². The number of nitrogens with one attached hydrogen (secondary N) is 1. The van der Waals surface area contributed by atoms with Crippen molar-refractivity contribution in [1.82, 2.24) is 4.57 Å². The summed E-state index contributed by atoms with van der Waals surface area (Å²) in [6.45, 7) is -0.290. The molecule has 0 unspecified atom stereocenters. The summed E-state index contributed by atoms with van der Waals surface area (Å²) in [5.41, 5.74) is 1.37. The zero-order valence-corrected chi connectivity index (χ0v) is 25.7. The minimum Gasteiger partial charge on any atom is -0.497 e. The van der Waals surface area contributed by atoms with Crippen LogP contribution in [0.3, 0.4) is 0 Å². The summed E-state index contributed by atoms with van der Waals surface area (Å²) >= 11 is 2.05. The molecule has 1 saturated heterocycles. The van der Waals surface area contributed by atoms with Crippen molar-refractivity contribution in [3.8, 4) is 5.75 Å². The van der Waals surface area contributed by atoms with Crippen LogP contribution in [0.4, 0.5) is 17.1 Å². The second-order valence-electron chi connectivity index (χ2n) is 10.8. The minimum absolute atomic E-state index is 0.168. The third-order valence-corrected chi connectivity index (χ3v) is 10.8. The van der Waals surface area contributed by atoms with Gasteiger partial charge in [0.15, 0.2) is 0 Å². The topological polar surface area (TPSA) is 141 Å². The van der Waals surface area contributed by atoms with Gasteiger partial charge in [-0.3, -0.25) is 33.9 Å². The lowest BCUT2D eigenvalue weighted by Crippen LogP contribution is -2.33. The molecule has 230 valence electrons. The fraction of sp³-hybridized carbons (Fsp3) is 0.152. The number of carbonyl (C=O) groups is 3. The molecule has 7 rings (SSSR count). The molecule has 11 nitrogen and oxygen atoms in total. The van der Waals surface area contributed by atoms with Gasteiger partial charge >= 0.3 is 4.87 Å². The van der Waals surface area contributed by atoms with Crippen LogP contribution < -0.4 is 19.8 Å². The van der Waals surface area contributed by atoms with Gasteiger partial charge in [0.2, 0.25) is 17.7 Å². The van der Waals surface area contributed by atoms with E-state index in [0.717, 1.165) is 38.8 Å². The van der Waals surface area contributed by atoms with E-state index in [-0.39, 0.29) is 22.8 Å². The number of nitro benzene ring substituents is 1. The number of carbonyl (C=O) groups excluding carboxylic acids is 3. The van der Waals surface area contributed by atoms with Crippen LogP contribution in [-0.4, -0.2) is 39.6 Å². The summed E-state index contributed by atoms with van der Waals surface area (Å²) < 4.78 is 6.68. The summed E-state index contributed by atoms with van der Waals surface area (Å²) in [7, 11) is 1.54. The number of imide groups is 1. The maximum atomic E-state index is 14.1. The first-order valence-corrected chi connectivity index (χ1v) is 15.9. The van der Waals surface area contributed by atoms with Gasteiger partial charge in [-0.1, -0.05) is 71.6 Å². The largest absolute Gasteiger partial charge is 0.497 e. The van der Waals surface area contributed by atoms with Gasteiger partial charge < -0.3 is 10.1 Å². The number of non-ortho nitro benzene ring substituents is 1. The molecule has 13 heteroatoms. The van der Waals surface area contributed by atoms with E-state index in [9.17, 15) is 29.3 Å². The van der Waals surface area contributed by atoms with Crippen molar-refractivity contribution in [2.24, 2.45) is 5.92 Å². The zero-order chi connectivity index (χ0) is 32.1. The second kappa shape index (κ2) is 11.6. The van der Waals surface area contributed by atoms with Crippen molar-refractivity contribution in [2.75, 3.05) is 17.3 Å². The first-order valence-electron chi connectivity index (χ1n) is 14.2. The van der Waals surface area contributed by atoms with Crippen molar-refractivity contribution in [3.05, 3.63) is 121 Å². The number of aromatic nitrogens is 1. The predicted octanol–water partition coefficient (Wildman–Crippen LogP) is 5.41. The first-order chi connectivity index (χ1) is 22.2. The van der Waals surface area contributed by atoms with Crippen molar-refractivity contribution in [2.45, 2.75) is 22.7 Å². The lowest BCUT2D eigenvalue weighted by molar-refractivity contribution is -0.384. The summed E-state index contributed by atoms with van der Waals surface area (Å²) in [4.78, 5) is 66.7. The van der Waals surface area contributed by atoms with Gasteiger partial charge in [-0.2, -0.15) is 0 Å². The Morgan fingerprint density at radius 3 is 2.37 bits per heavy atom. The van der Waals surface area contributed by atoms with Gasteiger partial charge in [-0.15, -0.1) is 0 Å². The van der Waals surface area contributed by atoms with Crippen LogP contribution >= 0.6 is 23.1 Å². The number of anilines is 2. The molecule has 1 fully saturated rings. The van der Waals surface area contributed by atoms with Crippen LogP contribution in [0.25, 0.3) is 10.8 Å². The molecule has 0 saturated carbocycles. The fourth-order valence-corrected chi connectivity index (χ4v) is 8.84. The molecule has 4 aromatic carbocycles. The number of hydrogen-bond donors (Lipinski definition) is 1. The highest BCUT2D eigenvalue weighted by Gasteiger charge is 2.56. The van der Waals surface area contributed by atoms with E-state index >= 15 is 0 Å². The molecule has 3 heterocycles. The number of thiazole rings is 1. The van der Waals surface area contributed by atoms with Crippen molar-refractivity contribution in [3.63, 3.8) is 0 Å². The van der Waals surface area contributed by atoms with E-state index in [1.54, 1.807) is 30.3 Å². The summed E-state index contributed by atoms with van der Waals surface area (Å²) in [5, 5.41) is 15.5. The third-order valence-electron chi connectivity index (χ3n) is 8.21. The first kappa shape index (κ1) is 29.4. The second-order valence-corrected chi connectivity index (χ2v) is 12.9. The van der Waals surface area contributed by atoms with Crippen molar-refractivity contribution in [1.29, 1.82) is 0 Å². The van der Waals surface area contributed by atoms with E-state index in [4.69, 9.17) is 4.74 Å². The van der Waals surface area contributed by atoms with Gasteiger partial charge in [-0.05, 0) is 41.3 Å². The molecular formula is C33H24N4O7S2. The van der Waals surface area contributed by atoms with Gasteiger partial charge in [0, 0.05) is 34.0 Å². The van der Waals surface area contributed by atoms with Crippen LogP contribution in [0.15, 0.2) is 101 Å². The molecular weight excluding hydrogens is 629 g/mol. The number of nitrogens with zero attached hydrogens (tertiary/aromatic N) is 3. The normalized spacial score (nSPS) is 18.7. The summed E-state index contributed by atoms with van der Waals surface area (Å²) in [5.74, 6) is -2.30. The van der Waals surface area contributed by atoms with Crippen LogP contribution in [0.2, 0.25) is 0 Å². The smallest absolute Gasteiger partial charge is 0.308 e. The number of benzene rings is 4. The van der Waals surface area contributed by atoms with Gasteiger partial charge in [0.05, 0.1) is 28.7 Å². The molecule has 2 aliphatic rings. The third kappa shape index (κ3) is 4.93. The Morgan fingerprint density at radius 2 is 1.65 bits per heavy atom. The monoisotopic (exact) mass is 652 g/mol. The minimum atomic E-state index is -0.899. The lowest BCUT2D eigenvalue weighted by Gasteiger charge is -2.30. The summed E-state index contributed by atoms with van der Waals surface area (Å²) in [6.07, 6.45) is 0. The Balaban J connectivity index is 1.27. The fourth-order valence-electron chi connectivity index (χ4n) is 6.07. The van der Waals surface area contributed by atoms with E-state index in [1.807, 2.05) is 36.4 Å². The van der Waals surface area contributed by atoms with E-state index in [0.29, 0.717) is 26.9 Å². The molecule has 3 atom stereocenters. The Morgan fingerprint density at radius 1 is 0.935 bits per heavy atom. The standard InChI is InChI=1S/C33H24N4O7S2/c1-44-22-15-9-19(10-16-22)26-27-28(31(40)36(30(27)39)20-11-13-21(14-12-20)37(42)43)45-32-29(26)46-33(41)35(32)17-25(38)34-24-8-4-6-18-5-2-3-7-23(18)24/h2-16,26-28H,17H2,1H3,(H,34,38)/t26-,27-,28+/m0/s1. The Bertz CT molecular complexity index is 2100. The number of fused-ring (bicyclic) bond motifs is 3. The maximum Gasteiger partial charge on any atom is 0.308 e. The number of thioether (sulfide) groups is 1. The maximum absolute atomic E-state index is 14.1. The van der Waals surface area contributed by atoms with Crippen molar-refractivity contribution >= 4 is 68.7 Å². The number of ether oxygens (including phenoxy) is 1. The molecule has 0 bridgehead atoms. The van der Waals surface area contributed by atoms with Crippen LogP contribution in [0, 0.1) is 16.0 Å². The molecule has 0 spiro atoms. The Kier molecular flexibility index (Phi) is 7.41. The molecule has 1 N–H and O–H groups in total. The molecule has 0 radical (unpaired) electrons. The quantitative estimate of drug-likeness (QED) is 0.140. The highest BCUT2D eigenvalue weighted by Crippen LogP contribution is 2.54. The Hall–Kier alpha value is -5.27. The Labute approximate surface area is 269 Å². The van der Waals surface area contributed by atoms with E-state index < -0.39 is 39.7 Å². The molecule has 5 aromatic rings. The zero-order valence-electron chi connectivity index (χ0n) is 24.1. The number of amides is 3. The average Bonchev–Trinajstić information content (AvgIpc) is 3.51. The van der Waals surface area contributed by atoms with Crippen molar-refractivity contribution < 1.29 is 24.0 Å². The van der Waals surface area contributed by atoms with Gasteiger partial charge in [0.1, 0.15) is 17.5 Å². The molecule has 3 amide bonds. The average molecular weight is 653 g/mol. The highest BCUT2D eigenvalue weighted by molar-refractivity contribution is 8.00. The SMILES string of the molecule is COc1ccc([C@@H]2c3sc(=O)n(CC(=O)Nc4cccc5ccccc45)c3S[C@H]3C(=O)N(c4ccc([N+](=O)[O-])cc4)C(=O)[C@@H]23)cc1. The van der Waals surface area contributed by atoms with E-state index in [1.165, 1.54) is 35.9 Å². The number of rotatable bonds is 7. The number of methoxy groups -OCH3 is 1. The van der Waals surface area contributed by atoms with Crippen LogP contribution in [0.5, 0.6) is 5.75 Å². The molecule has 1 aromatic heterocycles. The van der Waals surface area contributed by atoms with E-state index in [2.05, 4.69) is 5.32 Å². The molecule has 2 aliphatic heterocycles. The lowest BCUT2D eigenvalue weighted by atomic mass is 9.83. The van der Waals surface area contributed by atoms with Gasteiger partial charge in [0.25, 0.3) is 5.69 Å². The highest BCUT2D eigenvalue weighted by atomic mass is 32.2. The molecule has 0 aliphatic carbocycles. The predicted molar refractivity (Wildman–Crippen MR) is 175 cm³/mol. The summed E-state index contributed by atoms with van der Waals surface area (Å²) in [6, 6.07) is 25.5. The van der Waals surface area contributed by atoms with Crippen LogP contribution in [-0.2, 0) is 20.9 Å².